The van der Waals surface area contributed by atoms with Gasteiger partial charge in [0.25, 0.3) is 0 Å². The summed E-state index contributed by atoms with van der Waals surface area (Å²) >= 11 is 0. The first-order valence-electron chi connectivity index (χ1n) is 14.2. The van der Waals surface area contributed by atoms with Crippen LogP contribution in [-0.2, 0) is 18.9 Å². The van der Waals surface area contributed by atoms with E-state index in [-0.39, 0.29) is 11.1 Å². The van der Waals surface area contributed by atoms with Crippen molar-refractivity contribution in [2.45, 2.75) is 38.8 Å². The van der Waals surface area contributed by atoms with Gasteiger partial charge in [0.2, 0.25) is 0 Å². The number of hydrogen-bond donors (Lipinski definition) is 0. The van der Waals surface area contributed by atoms with Crippen LogP contribution in [0.2, 0.25) is 0 Å². The van der Waals surface area contributed by atoms with E-state index in [9.17, 15) is 27.2 Å². The molecule has 240 valence electrons. The van der Waals surface area contributed by atoms with Gasteiger partial charge in [-0.1, -0.05) is 42.0 Å². The summed E-state index contributed by atoms with van der Waals surface area (Å²) in [5.74, 6) is -7.74. The summed E-state index contributed by atoms with van der Waals surface area (Å²) in [6.45, 7) is 3.91. The van der Waals surface area contributed by atoms with E-state index < -0.39 is 77.5 Å². The van der Waals surface area contributed by atoms with Gasteiger partial charge in [0.05, 0.1) is 7.11 Å². The molecule has 0 radical (unpaired) electrons. The Hall–Kier alpha value is -4.74. The monoisotopic (exact) mass is 638 g/mol. The molecule has 0 aromatic heterocycles. The zero-order valence-electron chi connectivity index (χ0n) is 25.4. The first-order valence-corrected chi connectivity index (χ1v) is 14.2. The molecular formula is C35H30F4O7. The smallest absolute Gasteiger partial charge is 0.344 e. The molecule has 0 spiro atoms. The highest BCUT2D eigenvalue weighted by Crippen LogP contribution is 2.31. The van der Waals surface area contributed by atoms with Crippen LogP contribution in [0.25, 0.3) is 22.3 Å². The van der Waals surface area contributed by atoms with E-state index in [0.717, 1.165) is 29.8 Å². The zero-order chi connectivity index (χ0) is 33.2. The van der Waals surface area contributed by atoms with Crippen LogP contribution >= 0.6 is 0 Å². The minimum atomic E-state index is -1.29. The third-order valence-electron chi connectivity index (χ3n) is 7.34. The molecule has 1 aliphatic rings. The van der Waals surface area contributed by atoms with Gasteiger partial charge in [0.1, 0.15) is 65.6 Å². The number of benzene rings is 4. The van der Waals surface area contributed by atoms with E-state index in [1.807, 2.05) is 6.92 Å². The topological polar surface area (TPSA) is 80.3 Å². The molecule has 2 atom stereocenters. The highest BCUT2D eigenvalue weighted by Gasteiger charge is 2.43. The third-order valence-corrected chi connectivity index (χ3v) is 7.34. The second-order valence-corrected chi connectivity index (χ2v) is 11.1. The van der Waals surface area contributed by atoms with Gasteiger partial charge < -0.3 is 23.7 Å². The molecular weight excluding hydrogens is 608 g/mol. The number of carbonyl (C=O) groups excluding carboxylic acids is 2. The van der Waals surface area contributed by atoms with E-state index in [4.69, 9.17) is 23.7 Å². The fourth-order valence-corrected chi connectivity index (χ4v) is 5.05. The molecule has 0 unspecified atom stereocenters. The van der Waals surface area contributed by atoms with Gasteiger partial charge >= 0.3 is 11.9 Å². The maximum atomic E-state index is 14.9. The molecule has 1 heterocycles. The number of hydrogen-bond acceptors (Lipinski definition) is 7. The van der Waals surface area contributed by atoms with E-state index in [0.29, 0.717) is 16.9 Å². The predicted molar refractivity (Wildman–Crippen MR) is 159 cm³/mol. The molecule has 4 aromatic rings. The minimum Gasteiger partial charge on any atom is -0.497 e. The molecule has 0 saturated carbocycles. The summed E-state index contributed by atoms with van der Waals surface area (Å²) in [6.07, 6.45) is -2.09. The van der Waals surface area contributed by atoms with Crippen molar-refractivity contribution in [3.05, 3.63) is 113 Å². The molecule has 4 aromatic carbocycles. The second-order valence-electron chi connectivity index (χ2n) is 11.1. The number of halogens is 4. The van der Waals surface area contributed by atoms with Gasteiger partial charge in [-0.25, -0.2) is 27.2 Å². The van der Waals surface area contributed by atoms with Gasteiger partial charge in [-0.2, -0.15) is 0 Å². The summed E-state index contributed by atoms with van der Waals surface area (Å²) < 4.78 is 86.5. The van der Waals surface area contributed by atoms with Crippen LogP contribution in [0.4, 0.5) is 17.6 Å². The normalized spacial score (nSPS) is 17.0. The van der Waals surface area contributed by atoms with Crippen molar-refractivity contribution in [1.29, 1.82) is 0 Å². The maximum absolute atomic E-state index is 14.9. The Labute approximate surface area is 262 Å². The Morgan fingerprint density at radius 2 is 1.02 bits per heavy atom. The molecule has 0 aliphatic carbocycles. The number of methoxy groups -OCH3 is 1. The van der Waals surface area contributed by atoms with Crippen molar-refractivity contribution in [2.24, 2.45) is 0 Å². The average Bonchev–Trinajstić information content (AvgIpc) is 3.31. The first kappa shape index (κ1) is 32.6. The lowest BCUT2D eigenvalue weighted by Gasteiger charge is -2.17. The van der Waals surface area contributed by atoms with E-state index in [2.05, 4.69) is 0 Å². The molecule has 0 N–H and O–H groups in total. The van der Waals surface area contributed by atoms with Gasteiger partial charge in [0.15, 0.2) is 5.79 Å². The SMILES string of the molecule is COc1ccc(-c2cc(F)c(C(=O)OC[C@H]3OC(C)(C)O[C@@H]3COC(=O)c3c(F)cc(-c4ccc(C)cc4)cc3F)c(F)c2)cc1. The van der Waals surface area contributed by atoms with Crippen molar-refractivity contribution in [1.82, 2.24) is 0 Å². The van der Waals surface area contributed by atoms with Crippen molar-refractivity contribution >= 4 is 11.9 Å². The fourth-order valence-electron chi connectivity index (χ4n) is 5.05. The van der Waals surface area contributed by atoms with Gasteiger partial charge in [-0.15, -0.1) is 0 Å². The Morgan fingerprint density at radius 1 is 0.652 bits per heavy atom. The van der Waals surface area contributed by atoms with Crippen LogP contribution in [0, 0.1) is 30.2 Å². The molecule has 1 saturated heterocycles. The van der Waals surface area contributed by atoms with Crippen molar-refractivity contribution < 1.29 is 50.8 Å². The Balaban J connectivity index is 1.24. The number of carbonyl (C=O) groups is 2. The Morgan fingerprint density at radius 3 is 1.39 bits per heavy atom. The molecule has 0 amide bonds. The van der Waals surface area contributed by atoms with Crippen molar-refractivity contribution in [2.75, 3.05) is 20.3 Å². The lowest BCUT2D eigenvalue weighted by molar-refractivity contribution is -0.152. The maximum Gasteiger partial charge on any atom is 0.344 e. The number of rotatable bonds is 9. The highest BCUT2D eigenvalue weighted by atomic mass is 19.1. The number of esters is 2. The summed E-state index contributed by atoms with van der Waals surface area (Å²) in [4.78, 5) is 25.4. The lowest BCUT2D eigenvalue weighted by atomic mass is 10.0. The van der Waals surface area contributed by atoms with Crippen LogP contribution in [0.15, 0.2) is 72.8 Å². The zero-order valence-corrected chi connectivity index (χ0v) is 25.4. The van der Waals surface area contributed by atoms with Crippen molar-refractivity contribution in [3.8, 4) is 28.0 Å². The van der Waals surface area contributed by atoms with E-state index >= 15 is 0 Å². The van der Waals surface area contributed by atoms with E-state index in [1.54, 1.807) is 62.4 Å². The van der Waals surface area contributed by atoms with E-state index in [1.165, 1.54) is 7.11 Å². The summed E-state index contributed by atoms with van der Waals surface area (Å²) in [5.41, 5.74) is 0.676. The number of aryl methyl sites for hydroxylation is 1. The third kappa shape index (κ3) is 7.21. The Bertz CT molecular complexity index is 1710. The summed E-state index contributed by atoms with van der Waals surface area (Å²) in [7, 11) is 1.49. The molecule has 5 rings (SSSR count). The van der Waals surface area contributed by atoms with Crippen LogP contribution < -0.4 is 4.74 Å². The molecule has 46 heavy (non-hydrogen) atoms. The molecule has 0 bridgehead atoms. The quantitative estimate of drug-likeness (QED) is 0.139. The first-order chi connectivity index (χ1) is 21.8. The molecule has 7 nitrogen and oxygen atoms in total. The minimum absolute atomic E-state index is 0.197. The molecule has 11 heteroatoms. The molecule has 1 fully saturated rings. The lowest BCUT2D eigenvalue weighted by Crippen LogP contribution is -2.33. The molecule has 1 aliphatic heterocycles. The highest BCUT2D eigenvalue weighted by molar-refractivity contribution is 5.91. The summed E-state index contributed by atoms with van der Waals surface area (Å²) in [6, 6.07) is 17.5. The van der Waals surface area contributed by atoms with Crippen LogP contribution in [0.1, 0.15) is 40.1 Å². The largest absolute Gasteiger partial charge is 0.497 e. The van der Waals surface area contributed by atoms with Gasteiger partial charge in [-0.05, 0) is 79.4 Å². The number of ether oxygens (including phenoxy) is 5. The van der Waals surface area contributed by atoms with Crippen molar-refractivity contribution in [3.63, 3.8) is 0 Å². The Kier molecular flexibility index (Phi) is 9.45. The van der Waals surface area contributed by atoms with Crippen LogP contribution in [0.3, 0.4) is 0 Å². The van der Waals surface area contributed by atoms with Crippen LogP contribution in [-0.4, -0.2) is 50.3 Å². The van der Waals surface area contributed by atoms with Gasteiger partial charge in [0, 0.05) is 0 Å². The van der Waals surface area contributed by atoms with Crippen LogP contribution in [0.5, 0.6) is 5.75 Å². The predicted octanol–water partition coefficient (Wildman–Crippen LogP) is 7.43. The second kappa shape index (κ2) is 13.3. The van der Waals surface area contributed by atoms with Gasteiger partial charge in [-0.3, -0.25) is 0 Å². The average molecular weight is 639 g/mol. The standard InChI is InChI=1S/C35H30F4O7/c1-19-5-7-20(8-6-19)22-13-25(36)31(26(37)14-22)33(40)43-17-29-30(46-35(2,3)45-29)18-44-34(41)32-27(38)15-23(16-28(32)39)21-9-11-24(42-4)12-10-21/h5-16,29-30H,17-18H2,1-4H3/t29-,30-/m1/s1. The summed E-state index contributed by atoms with van der Waals surface area (Å²) in [5, 5.41) is 0. The fraction of sp³-hybridized carbons (Fsp3) is 0.257.